The summed E-state index contributed by atoms with van der Waals surface area (Å²) in [4.78, 5) is 5.65. The van der Waals surface area contributed by atoms with Crippen molar-refractivity contribution < 1.29 is 0 Å². The van der Waals surface area contributed by atoms with Crippen molar-refractivity contribution in [2.75, 3.05) is 13.1 Å². The molecule has 0 spiro atoms. The van der Waals surface area contributed by atoms with Gasteiger partial charge in [0, 0.05) is 11.4 Å². The van der Waals surface area contributed by atoms with Crippen molar-refractivity contribution in [3.8, 4) is 12.3 Å². The molecular weight excluding hydrogens is 333 g/mol. The smallest absolute Gasteiger partial charge is 0.192 e. The number of nitrogens with zero attached hydrogens (tertiary/aromatic N) is 1. The van der Waals surface area contributed by atoms with Gasteiger partial charge in [0.25, 0.3) is 0 Å². The summed E-state index contributed by atoms with van der Waals surface area (Å²) in [5.74, 6) is 3.29. The normalized spacial score (nSPS) is 10.1. The molecule has 1 aromatic rings. The number of thiophene rings is 1. The molecule has 0 unspecified atom stereocenters. The van der Waals surface area contributed by atoms with Crippen molar-refractivity contribution in [3.05, 3.63) is 22.4 Å². The van der Waals surface area contributed by atoms with Gasteiger partial charge in [-0.1, -0.05) is 12.0 Å². The fourth-order valence-electron chi connectivity index (χ4n) is 1.04. The van der Waals surface area contributed by atoms with Crippen molar-refractivity contribution >= 4 is 41.3 Å². The van der Waals surface area contributed by atoms with Crippen LogP contribution < -0.4 is 10.6 Å². The van der Waals surface area contributed by atoms with Gasteiger partial charge in [0.05, 0.1) is 13.1 Å². The van der Waals surface area contributed by atoms with Crippen molar-refractivity contribution in [1.82, 2.24) is 10.6 Å². The molecule has 0 aliphatic heterocycles. The molecule has 1 rings (SSSR count). The molecule has 88 valence electrons. The highest BCUT2D eigenvalue weighted by atomic mass is 127. The van der Waals surface area contributed by atoms with Gasteiger partial charge in [-0.25, -0.2) is 4.99 Å². The number of halogens is 1. The molecule has 0 radical (unpaired) electrons. The van der Waals surface area contributed by atoms with Gasteiger partial charge in [-0.05, 0) is 18.4 Å². The Bertz CT molecular complexity index is 341. The average Bonchev–Trinajstić information content (AvgIpc) is 2.75. The number of aliphatic imine (C=N–C) groups is 1. The van der Waals surface area contributed by atoms with E-state index in [1.54, 1.807) is 11.3 Å². The van der Waals surface area contributed by atoms with Crippen LogP contribution in [0.5, 0.6) is 0 Å². The minimum Gasteiger partial charge on any atom is -0.357 e. The summed E-state index contributed by atoms with van der Waals surface area (Å²) in [5, 5.41) is 8.22. The Morgan fingerprint density at radius 3 is 2.94 bits per heavy atom. The van der Waals surface area contributed by atoms with E-state index in [1.807, 2.05) is 18.4 Å². The standard InChI is InChI=1S/C11H15N3S.HI/c1-3-7-13-11(12-4-2)14-9-10-6-5-8-15-10;/h1,5-6,8H,4,7,9H2,2H3,(H2,12,13,14);1H. The average molecular weight is 349 g/mol. The quantitative estimate of drug-likeness (QED) is 0.378. The third kappa shape index (κ3) is 5.98. The highest BCUT2D eigenvalue weighted by molar-refractivity contribution is 14.0. The van der Waals surface area contributed by atoms with Crippen LogP contribution in [0, 0.1) is 12.3 Å². The summed E-state index contributed by atoms with van der Waals surface area (Å²) < 4.78 is 0. The maximum atomic E-state index is 5.17. The SMILES string of the molecule is C#CCNC(=NCc1cccs1)NCC.I. The second-order valence-corrected chi connectivity index (χ2v) is 3.86. The molecule has 0 fully saturated rings. The minimum absolute atomic E-state index is 0. The van der Waals surface area contributed by atoms with Gasteiger partial charge >= 0.3 is 0 Å². The topological polar surface area (TPSA) is 36.4 Å². The van der Waals surface area contributed by atoms with Crippen LogP contribution in [0.3, 0.4) is 0 Å². The maximum absolute atomic E-state index is 5.17. The molecule has 16 heavy (non-hydrogen) atoms. The zero-order valence-corrected chi connectivity index (χ0v) is 12.3. The molecule has 0 amide bonds. The minimum atomic E-state index is 0. The number of rotatable bonds is 4. The summed E-state index contributed by atoms with van der Waals surface area (Å²) in [6, 6.07) is 4.09. The molecule has 0 aliphatic carbocycles. The van der Waals surface area contributed by atoms with Crippen LogP contribution >= 0.6 is 35.3 Å². The van der Waals surface area contributed by atoms with Gasteiger partial charge in [0.1, 0.15) is 0 Å². The number of nitrogens with one attached hydrogen (secondary N) is 2. The third-order valence-corrected chi connectivity index (χ3v) is 2.54. The van der Waals surface area contributed by atoms with Crippen molar-refractivity contribution in [2.45, 2.75) is 13.5 Å². The Kier molecular flexibility index (Phi) is 9.04. The van der Waals surface area contributed by atoms with Crippen LogP contribution in [0.15, 0.2) is 22.5 Å². The molecule has 1 aromatic heterocycles. The van der Waals surface area contributed by atoms with Gasteiger partial charge in [-0.3, -0.25) is 0 Å². The first kappa shape index (κ1) is 15.3. The van der Waals surface area contributed by atoms with E-state index in [2.05, 4.69) is 27.6 Å². The summed E-state index contributed by atoms with van der Waals surface area (Å²) in [7, 11) is 0. The Hall–Kier alpha value is -0.740. The first-order valence-corrected chi connectivity index (χ1v) is 5.72. The second kappa shape index (κ2) is 9.48. The Morgan fingerprint density at radius 2 is 2.38 bits per heavy atom. The van der Waals surface area contributed by atoms with Gasteiger partial charge in [-0.15, -0.1) is 41.7 Å². The van der Waals surface area contributed by atoms with E-state index in [0.717, 1.165) is 12.5 Å². The van der Waals surface area contributed by atoms with Crippen LogP contribution in [0.1, 0.15) is 11.8 Å². The fourth-order valence-corrected chi connectivity index (χ4v) is 1.66. The number of hydrogen-bond donors (Lipinski definition) is 2. The highest BCUT2D eigenvalue weighted by Crippen LogP contribution is 2.08. The summed E-state index contributed by atoms with van der Waals surface area (Å²) >= 11 is 1.70. The van der Waals surface area contributed by atoms with Crippen LogP contribution in [-0.4, -0.2) is 19.0 Å². The third-order valence-electron chi connectivity index (χ3n) is 1.68. The van der Waals surface area contributed by atoms with Gasteiger partial charge in [-0.2, -0.15) is 0 Å². The number of hydrogen-bond acceptors (Lipinski definition) is 2. The molecule has 0 saturated heterocycles. The van der Waals surface area contributed by atoms with Crippen molar-refractivity contribution in [3.63, 3.8) is 0 Å². The Labute approximate surface area is 118 Å². The fraction of sp³-hybridized carbons (Fsp3) is 0.364. The van der Waals surface area contributed by atoms with Crippen LogP contribution in [0.4, 0.5) is 0 Å². The molecule has 2 N–H and O–H groups in total. The summed E-state index contributed by atoms with van der Waals surface area (Å²) in [5.41, 5.74) is 0. The molecule has 0 bridgehead atoms. The predicted octanol–water partition coefficient (Wildman–Crippen LogP) is 2.05. The lowest BCUT2D eigenvalue weighted by Crippen LogP contribution is -2.37. The number of terminal acetylenes is 1. The van der Waals surface area contributed by atoms with Gasteiger partial charge < -0.3 is 10.6 Å². The predicted molar refractivity (Wildman–Crippen MR) is 81.4 cm³/mol. The number of guanidine groups is 1. The lowest BCUT2D eigenvalue weighted by atomic mass is 10.5. The molecule has 1 heterocycles. The van der Waals surface area contributed by atoms with Gasteiger partial charge in [0.15, 0.2) is 5.96 Å². The van der Waals surface area contributed by atoms with Gasteiger partial charge in [0.2, 0.25) is 0 Å². The first-order chi connectivity index (χ1) is 7.36. The van der Waals surface area contributed by atoms with Crippen molar-refractivity contribution in [2.24, 2.45) is 4.99 Å². The zero-order chi connectivity index (χ0) is 10.9. The second-order valence-electron chi connectivity index (χ2n) is 2.83. The summed E-state index contributed by atoms with van der Waals surface area (Å²) in [6.45, 7) is 4.05. The largest absolute Gasteiger partial charge is 0.357 e. The lowest BCUT2D eigenvalue weighted by molar-refractivity contribution is 0.868. The van der Waals surface area contributed by atoms with E-state index in [-0.39, 0.29) is 24.0 Å². The van der Waals surface area contributed by atoms with Crippen molar-refractivity contribution in [1.29, 1.82) is 0 Å². The van der Waals surface area contributed by atoms with E-state index in [9.17, 15) is 0 Å². The highest BCUT2D eigenvalue weighted by Gasteiger charge is 1.95. The van der Waals surface area contributed by atoms with E-state index < -0.39 is 0 Å². The molecule has 0 saturated carbocycles. The van der Waals surface area contributed by atoms with E-state index in [1.165, 1.54) is 4.88 Å². The molecule has 0 atom stereocenters. The maximum Gasteiger partial charge on any atom is 0.192 e. The molecule has 0 aliphatic rings. The van der Waals surface area contributed by atoms with Crippen LogP contribution in [0.25, 0.3) is 0 Å². The van der Waals surface area contributed by atoms with E-state index in [0.29, 0.717) is 13.1 Å². The summed E-state index contributed by atoms with van der Waals surface area (Å²) in [6.07, 6.45) is 5.17. The van der Waals surface area contributed by atoms with E-state index in [4.69, 9.17) is 6.42 Å². The molecule has 3 nitrogen and oxygen atoms in total. The Balaban J connectivity index is 0.00000225. The van der Waals surface area contributed by atoms with Crippen LogP contribution in [-0.2, 0) is 6.54 Å². The Morgan fingerprint density at radius 1 is 1.56 bits per heavy atom. The van der Waals surface area contributed by atoms with E-state index >= 15 is 0 Å². The zero-order valence-electron chi connectivity index (χ0n) is 9.19. The molecule has 5 heteroatoms. The van der Waals surface area contributed by atoms with Crippen LogP contribution in [0.2, 0.25) is 0 Å². The monoisotopic (exact) mass is 349 g/mol. The lowest BCUT2D eigenvalue weighted by Gasteiger charge is -2.07. The molecular formula is C11H16IN3S. The first-order valence-electron chi connectivity index (χ1n) is 4.84. The molecule has 0 aromatic carbocycles.